The van der Waals surface area contributed by atoms with Crippen molar-refractivity contribution in [1.29, 1.82) is 5.26 Å². The lowest BCUT2D eigenvalue weighted by Crippen LogP contribution is -2.41. The molecule has 0 bridgehead atoms. The molecule has 5 heteroatoms. The molecule has 1 heterocycles. The Morgan fingerprint density at radius 3 is 2.32 bits per heavy atom. The summed E-state index contributed by atoms with van der Waals surface area (Å²) in [6, 6.07) is 8.83. The van der Waals surface area contributed by atoms with E-state index in [0.29, 0.717) is 36.6 Å². The molecule has 0 radical (unpaired) electrons. The van der Waals surface area contributed by atoms with Gasteiger partial charge >= 0.3 is 6.09 Å². The number of hydrogen-bond acceptors (Lipinski definition) is 4. The Morgan fingerprint density at radius 1 is 1.20 bits per heavy atom. The van der Waals surface area contributed by atoms with Crippen molar-refractivity contribution in [1.82, 2.24) is 4.90 Å². The van der Waals surface area contributed by atoms with E-state index in [1.54, 1.807) is 29.2 Å². The number of nitrogens with zero attached hydrogens (tertiary/aromatic N) is 2. The Kier molecular flexibility index (Phi) is 6.19. The topological polar surface area (TPSA) is 70.4 Å². The molecule has 1 fully saturated rings. The number of carbonyl (C=O) groups is 2. The highest BCUT2D eigenvalue weighted by Crippen LogP contribution is 2.24. The summed E-state index contributed by atoms with van der Waals surface area (Å²) in [6.45, 7) is 6.97. The van der Waals surface area contributed by atoms with Crippen molar-refractivity contribution in [2.45, 2.75) is 52.1 Å². The molecule has 1 aromatic carbocycles. The molecule has 1 aromatic rings. The van der Waals surface area contributed by atoms with E-state index >= 15 is 0 Å². The number of amides is 1. The van der Waals surface area contributed by atoms with Gasteiger partial charge in [-0.15, -0.1) is 0 Å². The lowest BCUT2D eigenvalue weighted by Gasteiger charge is -2.33. The number of rotatable bonds is 4. The fraction of sp³-hybridized carbons (Fsp3) is 0.550. The number of carbonyl (C=O) groups excluding carboxylic acids is 2. The number of piperidine rings is 1. The van der Waals surface area contributed by atoms with E-state index in [0.717, 1.165) is 19.3 Å². The monoisotopic (exact) mass is 342 g/mol. The molecule has 0 aliphatic carbocycles. The van der Waals surface area contributed by atoms with Crippen LogP contribution in [0.5, 0.6) is 0 Å². The molecule has 0 N–H and O–H groups in total. The summed E-state index contributed by atoms with van der Waals surface area (Å²) in [5.41, 5.74) is 0.748. The number of benzene rings is 1. The molecule has 0 spiro atoms. The molecule has 1 amide bonds. The second-order valence-electron chi connectivity index (χ2n) is 7.56. The van der Waals surface area contributed by atoms with E-state index in [4.69, 9.17) is 10.00 Å². The second kappa shape index (κ2) is 8.15. The number of likely N-dealkylation sites (tertiary alicyclic amines) is 1. The van der Waals surface area contributed by atoms with E-state index < -0.39 is 5.60 Å². The number of ketones is 1. The predicted molar refractivity (Wildman–Crippen MR) is 95.3 cm³/mol. The third-order valence-corrected chi connectivity index (χ3v) is 4.38. The van der Waals surface area contributed by atoms with Gasteiger partial charge in [-0.2, -0.15) is 5.26 Å². The van der Waals surface area contributed by atoms with E-state index in [1.807, 2.05) is 20.8 Å². The van der Waals surface area contributed by atoms with Gasteiger partial charge in [0.2, 0.25) is 0 Å². The van der Waals surface area contributed by atoms with Crippen molar-refractivity contribution in [3.8, 4) is 6.07 Å². The van der Waals surface area contributed by atoms with Crippen LogP contribution in [0.3, 0.4) is 0 Å². The number of ether oxygens (including phenoxy) is 1. The van der Waals surface area contributed by atoms with Gasteiger partial charge in [-0.25, -0.2) is 4.79 Å². The summed E-state index contributed by atoms with van der Waals surface area (Å²) in [5.74, 6) is 0.570. The van der Waals surface area contributed by atoms with Crippen LogP contribution in [0.15, 0.2) is 24.3 Å². The maximum atomic E-state index is 12.2. The highest BCUT2D eigenvalue weighted by atomic mass is 16.6. The van der Waals surface area contributed by atoms with Crippen molar-refractivity contribution >= 4 is 11.9 Å². The molecule has 25 heavy (non-hydrogen) atoms. The van der Waals surface area contributed by atoms with E-state index in [2.05, 4.69) is 6.07 Å². The molecule has 134 valence electrons. The summed E-state index contributed by atoms with van der Waals surface area (Å²) in [5, 5.41) is 8.79. The Morgan fingerprint density at radius 2 is 1.80 bits per heavy atom. The first kappa shape index (κ1) is 19.0. The zero-order valence-corrected chi connectivity index (χ0v) is 15.2. The summed E-state index contributed by atoms with van der Waals surface area (Å²) >= 11 is 0. The van der Waals surface area contributed by atoms with E-state index in [9.17, 15) is 9.59 Å². The molecule has 1 aliphatic heterocycles. The van der Waals surface area contributed by atoms with Gasteiger partial charge in [0, 0.05) is 25.1 Å². The zero-order chi connectivity index (χ0) is 18.4. The first-order valence-corrected chi connectivity index (χ1v) is 8.80. The fourth-order valence-electron chi connectivity index (χ4n) is 2.94. The smallest absolute Gasteiger partial charge is 0.410 e. The van der Waals surface area contributed by atoms with E-state index in [-0.39, 0.29) is 11.9 Å². The minimum absolute atomic E-state index is 0.110. The zero-order valence-electron chi connectivity index (χ0n) is 15.2. The third kappa shape index (κ3) is 5.90. The number of nitriles is 1. The van der Waals surface area contributed by atoms with Crippen molar-refractivity contribution in [3.05, 3.63) is 35.4 Å². The van der Waals surface area contributed by atoms with Gasteiger partial charge < -0.3 is 9.64 Å². The average Bonchev–Trinajstić information content (AvgIpc) is 2.58. The lowest BCUT2D eigenvalue weighted by atomic mass is 9.90. The quantitative estimate of drug-likeness (QED) is 0.770. The van der Waals surface area contributed by atoms with Gasteiger partial charge in [0.15, 0.2) is 5.78 Å². The van der Waals surface area contributed by atoms with Gasteiger partial charge in [0.1, 0.15) is 5.60 Å². The predicted octanol–water partition coefficient (Wildman–Crippen LogP) is 4.17. The van der Waals surface area contributed by atoms with Gasteiger partial charge in [-0.1, -0.05) is 12.1 Å². The van der Waals surface area contributed by atoms with Crippen LogP contribution >= 0.6 is 0 Å². The maximum absolute atomic E-state index is 12.2. The number of hydrogen-bond donors (Lipinski definition) is 0. The molecule has 0 aromatic heterocycles. The summed E-state index contributed by atoms with van der Waals surface area (Å²) in [6.07, 6.45) is 2.89. The van der Waals surface area contributed by atoms with Crippen LogP contribution in [0, 0.1) is 17.2 Å². The average molecular weight is 342 g/mol. The van der Waals surface area contributed by atoms with Crippen LogP contribution in [0.2, 0.25) is 0 Å². The van der Waals surface area contributed by atoms with Gasteiger partial charge in [-0.3, -0.25) is 4.79 Å². The van der Waals surface area contributed by atoms with Crippen molar-refractivity contribution in [2.24, 2.45) is 5.92 Å². The molecular weight excluding hydrogens is 316 g/mol. The molecular formula is C20H26N2O3. The molecule has 1 saturated heterocycles. The third-order valence-electron chi connectivity index (χ3n) is 4.38. The van der Waals surface area contributed by atoms with Gasteiger partial charge in [0.25, 0.3) is 0 Å². The minimum Gasteiger partial charge on any atom is -0.444 e. The standard InChI is InChI=1S/C20H26N2O3/c1-20(2,3)25-19(24)22-12-10-15(11-13-22)6-9-18(23)17-7-4-16(14-21)5-8-17/h4-5,7-8,15H,6,9-13H2,1-3H3. The maximum Gasteiger partial charge on any atom is 0.410 e. The van der Waals surface area contributed by atoms with Crippen LogP contribution in [0.4, 0.5) is 4.79 Å². The highest BCUT2D eigenvalue weighted by Gasteiger charge is 2.27. The molecule has 5 nitrogen and oxygen atoms in total. The summed E-state index contributed by atoms with van der Waals surface area (Å²) in [4.78, 5) is 26.1. The first-order chi connectivity index (χ1) is 11.8. The summed E-state index contributed by atoms with van der Waals surface area (Å²) < 4.78 is 5.40. The SMILES string of the molecule is CC(C)(C)OC(=O)N1CCC(CCC(=O)c2ccc(C#N)cc2)CC1. The van der Waals surface area contributed by atoms with Crippen molar-refractivity contribution in [3.63, 3.8) is 0 Å². The Bertz CT molecular complexity index is 645. The van der Waals surface area contributed by atoms with Gasteiger partial charge in [-0.05, 0) is 58.1 Å². The Balaban J connectivity index is 1.75. The van der Waals surface area contributed by atoms with Crippen LogP contribution in [0.25, 0.3) is 0 Å². The largest absolute Gasteiger partial charge is 0.444 e. The van der Waals surface area contributed by atoms with E-state index in [1.165, 1.54) is 0 Å². The first-order valence-electron chi connectivity index (χ1n) is 8.80. The van der Waals surface area contributed by atoms with Crippen molar-refractivity contribution in [2.75, 3.05) is 13.1 Å². The highest BCUT2D eigenvalue weighted by molar-refractivity contribution is 5.96. The molecule has 0 unspecified atom stereocenters. The van der Waals surface area contributed by atoms with Gasteiger partial charge in [0.05, 0.1) is 11.6 Å². The molecule has 0 atom stereocenters. The van der Waals surface area contributed by atoms with Crippen LogP contribution in [0.1, 0.15) is 62.4 Å². The molecule has 0 saturated carbocycles. The normalized spacial score (nSPS) is 15.5. The van der Waals surface area contributed by atoms with Crippen LogP contribution < -0.4 is 0 Å². The Hall–Kier alpha value is -2.35. The fourth-order valence-corrected chi connectivity index (χ4v) is 2.94. The lowest BCUT2D eigenvalue weighted by molar-refractivity contribution is 0.0180. The second-order valence-corrected chi connectivity index (χ2v) is 7.56. The van der Waals surface area contributed by atoms with Crippen molar-refractivity contribution < 1.29 is 14.3 Å². The molecule has 1 aliphatic rings. The minimum atomic E-state index is -0.471. The molecule has 2 rings (SSSR count). The van der Waals surface area contributed by atoms with Crippen LogP contribution in [-0.4, -0.2) is 35.5 Å². The Labute approximate surface area is 149 Å². The van der Waals surface area contributed by atoms with Crippen LogP contribution in [-0.2, 0) is 4.74 Å². The number of Topliss-reactive ketones (excluding diaryl/α,β-unsaturated/α-hetero) is 1. The summed E-state index contributed by atoms with van der Waals surface area (Å²) in [7, 11) is 0.